The maximum atomic E-state index is 12.5. The van der Waals surface area contributed by atoms with E-state index >= 15 is 0 Å². The number of amides is 1. The lowest BCUT2D eigenvalue weighted by molar-refractivity contribution is 0.102. The van der Waals surface area contributed by atoms with Crippen LogP contribution in [-0.2, 0) is 6.54 Å². The average Bonchev–Trinajstić information content (AvgIpc) is 3.36. The van der Waals surface area contributed by atoms with Gasteiger partial charge in [-0.15, -0.1) is 5.10 Å². The van der Waals surface area contributed by atoms with Gasteiger partial charge in [0.15, 0.2) is 0 Å². The van der Waals surface area contributed by atoms with Crippen LogP contribution < -0.4 is 5.32 Å². The second-order valence-electron chi connectivity index (χ2n) is 6.44. The van der Waals surface area contributed by atoms with Crippen molar-refractivity contribution in [1.82, 2.24) is 25.1 Å². The van der Waals surface area contributed by atoms with Crippen LogP contribution in [0.5, 0.6) is 0 Å². The minimum absolute atomic E-state index is 0.133. The number of tetrazole rings is 1. The van der Waals surface area contributed by atoms with E-state index in [1.165, 1.54) is 24.7 Å². The number of carbonyl (C=O) groups excluding carboxylic acids is 1. The van der Waals surface area contributed by atoms with Gasteiger partial charge in [-0.25, -0.2) is 4.68 Å². The van der Waals surface area contributed by atoms with Gasteiger partial charge in [-0.2, -0.15) is 0 Å². The number of benzene rings is 2. The Balaban J connectivity index is 1.42. The molecule has 0 bridgehead atoms. The Morgan fingerprint density at radius 2 is 1.88 bits per heavy atom. The Kier molecular flexibility index (Phi) is 4.70. The molecule has 3 aromatic rings. The largest absolute Gasteiger partial charge is 0.322 e. The topological polar surface area (TPSA) is 75.9 Å². The van der Waals surface area contributed by atoms with Gasteiger partial charge in [-0.1, -0.05) is 12.1 Å². The molecule has 1 fully saturated rings. The maximum absolute atomic E-state index is 12.5. The molecule has 2 aromatic carbocycles. The molecule has 7 heteroatoms. The van der Waals surface area contributed by atoms with Gasteiger partial charge in [0.1, 0.15) is 6.33 Å². The quantitative estimate of drug-likeness (QED) is 0.767. The van der Waals surface area contributed by atoms with Crippen molar-refractivity contribution in [2.24, 2.45) is 0 Å². The molecule has 1 N–H and O–H groups in total. The summed E-state index contributed by atoms with van der Waals surface area (Å²) < 4.78 is 1.55. The first-order valence-corrected chi connectivity index (χ1v) is 8.74. The molecule has 0 saturated carbocycles. The highest BCUT2D eigenvalue weighted by Gasteiger charge is 2.12. The number of carbonyl (C=O) groups is 1. The lowest BCUT2D eigenvalue weighted by atomic mass is 10.1. The Morgan fingerprint density at radius 1 is 1.08 bits per heavy atom. The Hall–Kier alpha value is -3.06. The van der Waals surface area contributed by atoms with Crippen molar-refractivity contribution >= 4 is 11.6 Å². The van der Waals surface area contributed by atoms with Gasteiger partial charge in [0.25, 0.3) is 5.91 Å². The van der Waals surface area contributed by atoms with E-state index in [1.54, 1.807) is 16.8 Å². The minimum Gasteiger partial charge on any atom is -0.322 e. The number of likely N-dealkylation sites (tertiary alicyclic amines) is 1. The first-order valence-electron chi connectivity index (χ1n) is 8.74. The summed E-state index contributed by atoms with van der Waals surface area (Å²) >= 11 is 0. The van der Waals surface area contributed by atoms with Crippen LogP contribution in [0.1, 0.15) is 28.8 Å². The Bertz CT molecular complexity index is 869. The molecular weight excluding hydrogens is 328 g/mol. The fourth-order valence-electron chi connectivity index (χ4n) is 3.19. The van der Waals surface area contributed by atoms with Crippen molar-refractivity contribution in [2.45, 2.75) is 19.4 Å². The van der Waals surface area contributed by atoms with Crippen LogP contribution in [-0.4, -0.2) is 44.1 Å². The summed E-state index contributed by atoms with van der Waals surface area (Å²) in [5.41, 5.74) is 3.43. The van der Waals surface area contributed by atoms with Crippen LogP contribution in [0, 0.1) is 0 Å². The molecule has 0 radical (unpaired) electrons. The number of nitrogens with one attached hydrogen (secondary N) is 1. The van der Waals surface area contributed by atoms with Crippen molar-refractivity contribution < 1.29 is 4.79 Å². The lowest BCUT2D eigenvalue weighted by Gasteiger charge is -2.15. The van der Waals surface area contributed by atoms with Gasteiger partial charge in [-0.3, -0.25) is 9.69 Å². The molecule has 0 spiro atoms. The van der Waals surface area contributed by atoms with E-state index in [-0.39, 0.29) is 5.91 Å². The van der Waals surface area contributed by atoms with Crippen molar-refractivity contribution in [3.63, 3.8) is 0 Å². The fourth-order valence-corrected chi connectivity index (χ4v) is 3.19. The molecular formula is C19H20N6O. The molecule has 2 heterocycles. The van der Waals surface area contributed by atoms with Gasteiger partial charge >= 0.3 is 0 Å². The molecule has 1 amide bonds. The van der Waals surface area contributed by atoms with Crippen molar-refractivity contribution in [1.29, 1.82) is 0 Å². The van der Waals surface area contributed by atoms with Gasteiger partial charge in [0.05, 0.1) is 5.69 Å². The second kappa shape index (κ2) is 7.45. The number of nitrogens with zero attached hydrogens (tertiary/aromatic N) is 5. The Labute approximate surface area is 151 Å². The van der Waals surface area contributed by atoms with Crippen molar-refractivity contribution in [3.05, 3.63) is 66.0 Å². The zero-order valence-electron chi connectivity index (χ0n) is 14.4. The van der Waals surface area contributed by atoms with Crippen LogP contribution in [0.3, 0.4) is 0 Å². The van der Waals surface area contributed by atoms with Crippen LogP contribution in [0.2, 0.25) is 0 Å². The summed E-state index contributed by atoms with van der Waals surface area (Å²) in [5, 5.41) is 14.0. The normalized spacial score (nSPS) is 14.5. The van der Waals surface area contributed by atoms with Crippen LogP contribution in [0.15, 0.2) is 54.9 Å². The number of hydrogen-bond donors (Lipinski definition) is 1. The molecule has 1 aromatic heterocycles. The number of hydrogen-bond acceptors (Lipinski definition) is 5. The first kappa shape index (κ1) is 16.4. The fraction of sp³-hybridized carbons (Fsp3) is 0.263. The molecule has 26 heavy (non-hydrogen) atoms. The predicted molar refractivity (Wildman–Crippen MR) is 98.1 cm³/mol. The summed E-state index contributed by atoms with van der Waals surface area (Å²) in [6.45, 7) is 3.25. The highest BCUT2D eigenvalue weighted by Crippen LogP contribution is 2.17. The Morgan fingerprint density at radius 3 is 2.62 bits per heavy atom. The van der Waals surface area contributed by atoms with E-state index in [4.69, 9.17) is 0 Å². The minimum atomic E-state index is -0.133. The third kappa shape index (κ3) is 3.78. The van der Waals surface area contributed by atoms with Crippen LogP contribution in [0.4, 0.5) is 5.69 Å². The SMILES string of the molecule is O=C(Nc1cccc(CN2CCCC2)c1)c1ccc(-n2cnnn2)cc1. The van der Waals surface area contributed by atoms with Crippen molar-refractivity contribution in [2.75, 3.05) is 18.4 Å². The molecule has 0 unspecified atom stereocenters. The van der Waals surface area contributed by atoms with Crippen LogP contribution in [0.25, 0.3) is 5.69 Å². The summed E-state index contributed by atoms with van der Waals surface area (Å²) in [6.07, 6.45) is 4.06. The van der Waals surface area contributed by atoms with Gasteiger partial charge in [0.2, 0.25) is 0 Å². The van der Waals surface area contributed by atoms with Crippen LogP contribution >= 0.6 is 0 Å². The second-order valence-corrected chi connectivity index (χ2v) is 6.44. The first-order chi connectivity index (χ1) is 12.8. The molecule has 0 aliphatic carbocycles. The van der Waals surface area contributed by atoms with E-state index in [9.17, 15) is 4.79 Å². The zero-order chi connectivity index (χ0) is 17.8. The van der Waals surface area contributed by atoms with E-state index in [2.05, 4.69) is 31.8 Å². The number of aromatic nitrogens is 4. The molecule has 1 aliphatic heterocycles. The third-order valence-electron chi connectivity index (χ3n) is 4.53. The zero-order valence-corrected chi connectivity index (χ0v) is 14.4. The maximum Gasteiger partial charge on any atom is 0.255 e. The monoisotopic (exact) mass is 348 g/mol. The average molecular weight is 348 g/mol. The van der Waals surface area contributed by atoms with Gasteiger partial charge in [0, 0.05) is 17.8 Å². The summed E-state index contributed by atoms with van der Waals surface area (Å²) in [4.78, 5) is 14.9. The summed E-state index contributed by atoms with van der Waals surface area (Å²) in [5.74, 6) is -0.133. The van der Waals surface area contributed by atoms with Gasteiger partial charge in [-0.05, 0) is 78.3 Å². The lowest BCUT2D eigenvalue weighted by Crippen LogP contribution is -2.18. The molecule has 7 nitrogen and oxygen atoms in total. The molecule has 1 saturated heterocycles. The summed E-state index contributed by atoms with van der Waals surface area (Å²) in [6, 6.07) is 15.2. The molecule has 4 rings (SSSR count). The molecule has 1 aliphatic rings. The van der Waals surface area contributed by atoms with E-state index < -0.39 is 0 Å². The molecule has 132 valence electrons. The smallest absolute Gasteiger partial charge is 0.255 e. The van der Waals surface area contributed by atoms with E-state index in [0.717, 1.165) is 31.0 Å². The molecule has 0 atom stereocenters. The van der Waals surface area contributed by atoms with E-state index in [1.807, 2.05) is 30.3 Å². The number of rotatable bonds is 5. The predicted octanol–water partition coefficient (Wildman–Crippen LogP) is 2.51. The summed E-state index contributed by atoms with van der Waals surface area (Å²) in [7, 11) is 0. The highest BCUT2D eigenvalue weighted by molar-refractivity contribution is 6.04. The van der Waals surface area contributed by atoms with Crippen molar-refractivity contribution in [3.8, 4) is 5.69 Å². The highest BCUT2D eigenvalue weighted by atomic mass is 16.1. The number of anilines is 1. The third-order valence-corrected chi connectivity index (χ3v) is 4.53. The standard InChI is InChI=1S/C19H20N6O/c26-19(16-6-8-18(9-7-16)25-14-20-22-23-25)21-17-5-3-4-15(12-17)13-24-10-1-2-11-24/h3-9,12,14H,1-2,10-11,13H2,(H,21,26). The van der Waals surface area contributed by atoms with E-state index in [0.29, 0.717) is 5.56 Å². The van der Waals surface area contributed by atoms with Gasteiger partial charge < -0.3 is 5.32 Å².